The minimum atomic E-state index is -0.0402. The highest BCUT2D eigenvalue weighted by molar-refractivity contribution is 5.89. The maximum Gasteiger partial charge on any atom is 0.143 e. The molecule has 0 aliphatic heterocycles. The van der Waals surface area contributed by atoms with Crippen molar-refractivity contribution >= 4 is 34.1 Å². The van der Waals surface area contributed by atoms with Crippen molar-refractivity contribution in [2.75, 3.05) is 9.80 Å². The molecule has 222 valence electrons. The Hall–Kier alpha value is -6.26. The third kappa shape index (κ3) is 5.80. The molecule has 7 rings (SSSR count). The van der Waals surface area contributed by atoms with Crippen LogP contribution in [0.25, 0.3) is 22.3 Å². The first-order valence-corrected chi connectivity index (χ1v) is 15.2. The number of hydrogen-bond acceptors (Lipinski definition) is 4. The van der Waals surface area contributed by atoms with E-state index < -0.39 is 0 Å². The SMILES string of the molecule is Oc1cc(O)c(N(c2ccc(-c3ccccc3)cc2)c2ccc(-c3ccccc3)cc2)cc1N(c1ccccc1)c1ccccc1. The van der Waals surface area contributed by atoms with E-state index in [2.05, 4.69) is 72.8 Å². The molecule has 0 spiro atoms. The van der Waals surface area contributed by atoms with Crippen LogP contribution in [-0.2, 0) is 0 Å². The maximum atomic E-state index is 11.5. The zero-order chi connectivity index (χ0) is 31.3. The van der Waals surface area contributed by atoms with Crippen molar-refractivity contribution in [3.05, 3.63) is 182 Å². The molecule has 0 atom stereocenters. The Kier molecular flexibility index (Phi) is 7.91. The van der Waals surface area contributed by atoms with Crippen molar-refractivity contribution in [2.24, 2.45) is 0 Å². The molecular weight excluding hydrogens is 564 g/mol. The van der Waals surface area contributed by atoms with Crippen molar-refractivity contribution < 1.29 is 10.2 Å². The number of aromatic hydroxyl groups is 2. The summed E-state index contributed by atoms with van der Waals surface area (Å²) in [5, 5.41) is 22.8. The van der Waals surface area contributed by atoms with Gasteiger partial charge in [0, 0.05) is 28.8 Å². The standard InChI is InChI=1S/C42H32N2O2/c45-41-30-42(46)40(29-39(41)43(35-17-9-3-10-18-35)36-19-11-4-12-20-36)44(37-25-21-33(22-26-37)31-13-5-1-6-14-31)38-27-23-34(24-28-38)32-15-7-2-8-16-32/h1-30,45-46H. The first-order chi connectivity index (χ1) is 22.7. The third-order valence-electron chi connectivity index (χ3n) is 8.05. The Balaban J connectivity index is 1.38. The predicted octanol–water partition coefficient (Wildman–Crippen LogP) is 11.4. The highest BCUT2D eigenvalue weighted by Gasteiger charge is 2.23. The van der Waals surface area contributed by atoms with E-state index in [0.717, 1.165) is 45.0 Å². The number of phenols is 2. The quantitative estimate of drug-likeness (QED) is 0.183. The average Bonchev–Trinajstić information content (AvgIpc) is 3.12. The van der Waals surface area contributed by atoms with E-state index in [0.29, 0.717) is 11.4 Å². The van der Waals surface area contributed by atoms with Crippen molar-refractivity contribution in [3.8, 4) is 33.8 Å². The number of benzene rings is 7. The normalized spacial score (nSPS) is 10.8. The van der Waals surface area contributed by atoms with Gasteiger partial charge in [-0.15, -0.1) is 0 Å². The molecule has 0 saturated heterocycles. The van der Waals surface area contributed by atoms with Crippen molar-refractivity contribution in [2.45, 2.75) is 0 Å². The molecule has 0 bridgehead atoms. The summed E-state index contributed by atoms with van der Waals surface area (Å²) in [5.74, 6) is -0.0747. The molecule has 2 N–H and O–H groups in total. The van der Waals surface area contributed by atoms with E-state index in [1.165, 1.54) is 6.07 Å². The van der Waals surface area contributed by atoms with Crippen LogP contribution in [0.15, 0.2) is 182 Å². The fourth-order valence-electron chi connectivity index (χ4n) is 5.79. The summed E-state index contributed by atoms with van der Waals surface area (Å²) in [6, 6.07) is 60.2. The minimum absolute atomic E-state index is 0.0345. The molecule has 46 heavy (non-hydrogen) atoms. The highest BCUT2D eigenvalue weighted by atomic mass is 16.3. The topological polar surface area (TPSA) is 46.9 Å². The molecule has 7 aromatic carbocycles. The van der Waals surface area contributed by atoms with Gasteiger partial charge in [-0.05, 0) is 76.9 Å². The molecule has 4 nitrogen and oxygen atoms in total. The molecule has 0 amide bonds. The van der Waals surface area contributed by atoms with E-state index in [1.807, 2.05) is 113 Å². The number of anilines is 6. The summed E-state index contributed by atoms with van der Waals surface area (Å²) < 4.78 is 0. The molecule has 4 heteroatoms. The summed E-state index contributed by atoms with van der Waals surface area (Å²) in [4.78, 5) is 4.02. The first kappa shape index (κ1) is 28.5. The summed E-state index contributed by atoms with van der Waals surface area (Å²) in [5.41, 5.74) is 9.01. The lowest BCUT2D eigenvalue weighted by atomic mass is 10.0. The van der Waals surface area contributed by atoms with Crippen LogP contribution in [0.2, 0.25) is 0 Å². The fraction of sp³-hybridized carbons (Fsp3) is 0. The van der Waals surface area contributed by atoms with E-state index in [9.17, 15) is 10.2 Å². The van der Waals surface area contributed by atoms with E-state index in [-0.39, 0.29) is 11.5 Å². The van der Waals surface area contributed by atoms with Gasteiger partial charge in [0.05, 0.1) is 11.4 Å². The van der Waals surface area contributed by atoms with Gasteiger partial charge in [0.1, 0.15) is 11.5 Å². The Labute approximate surface area is 269 Å². The smallest absolute Gasteiger partial charge is 0.143 e. The summed E-state index contributed by atoms with van der Waals surface area (Å²) in [6.07, 6.45) is 0. The van der Waals surface area contributed by atoms with Gasteiger partial charge in [-0.25, -0.2) is 0 Å². The lowest BCUT2D eigenvalue weighted by Crippen LogP contribution is -2.13. The second-order valence-electron chi connectivity index (χ2n) is 11.0. The fourth-order valence-corrected chi connectivity index (χ4v) is 5.79. The van der Waals surface area contributed by atoms with Gasteiger partial charge in [-0.2, -0.15) is 0 Å². The summed E-state index contributed by atoms with van der Waals surface area (Å²) in [7, 11) is 0. The van der Waals surface area contributed by atoms with Crippen molar-refractivity contribution in [3.63, 3.8) is 0 Å². The third-order valence-corrected chi connectivity index (χ3v) is 8.05. The van der Waals surface area contributed by atoms with E-state index in [1.54, 1.807) is 0 Å². The molecule has 0 aromatic heterocycles. The van der Waals surface area contributed by atoms with Crippen LogP contribution in [0.1, 0.15) is 0 Å². The van der Waals surface area contributed by atoms with Crippen LogP contribution in [0.3, 0.4) is 0 Å². The number of rotatable bonds is 8. The molecule has 0 unspecified atom stereocenters. The number of nitrogens with zero attached hydrogens (tertiary/aromatic N) is 2. The Morgan fingerprint density at radius 1 is 0.283 bits per heavy atom. The molecule has 0 radical (unpaired) electrons. The van der Waals surface area contributed by atoms with Crippen LogP contribution >= 0.6 is 0 Å². The summed E-state index contributed by atoms with van der Waals surface area (Å²) >= 11 is 0. The zero-order valence-electron chi connectivity index (χ0n) is 25.1. The van der Waals surface area contributed by atoms with Gasteiger partial charge in [0.2, 0.25) is 0 Å². The predicted molar refractivity (Wildman–Crippen MR) is 190 cm³/mol. The molecular formula is C42H32N2O2. The van der Waals surface area contributed by atoms with Gasteiger partial charge >= 0.3 is 0 Å². The van der Waals surface area contributed by atoms with Gasteiger partial charge in [0.25, 0.3) is 0 Å². The second-order valence-corrected chi connectivity index (χ2v) is 11.0. The molecule has 7 aromatic rings. The average molecular weight is 597 g/mol. The van der Waals surface area contributed by atoms with Crippen LogP contribution < -0.4 is 9.80 Å². The zero-order valence-corrected chi connectivity index (χ0v) is 25.1. The molecule has 0 aliphatic carbocycles. The monoisotopic (exact) mass is 596 g/mol. The summed E-state index contributed by atoms with van der Waals surface area (Å²) in [6.45, 7) is 0. The molecule has 0 fully saturated rings. The molecule has 0 heterocycles. The minimum Gasteiger partial charge on any atom is -0.506 e. The Bertz CT molecular complexity index is 1910. The lowest BCUT2D eigenvalue weighted by Gasteiger charge is -2.30. The second kappa shape index (κ2) is 12.8. The molecule has 0 aliphatic rings. The maximum absolute atomic E-state index is 11.5. The highest BCUT2D eigenvalue weighted by Crippen LogP contribution is 2.48. The Morgan fingerprint density at radius 2 is 0.565 bits per heavy atom. The van der Waals surface area contributed by atoms with Gasteiger partial charge in [-0.3, -0.25) is 0 Å². The number of para-hydroxylation sites is 2. The van der Waals surface area contributed by atoms with E-state index >= 15 is 0 Å². The number of phenolic OH excluding ortho intramolecular Hbond substituents is 2. The van der Waals surface area contributed by atoms with Crippen LogP contribution in [-0.4, -0.2) is 10.2 Å². The van der Waals surface area contributed by atoms with Crippen LogP contribution in [0, 0.1) is 0 Å². The van der Waals surface area contributed by atoms with Gasteiger partial charge in [0.15, 0.2) is 0 Å². The van der Waals surface area contributed by atoms with Crippen LogP contribution in [0.4, 0.5) is 34.1 Å². The van der Waals surface area contributed by atoms with Gasteiger partial charge in [-0.1, -0.05) is 121 Å². The lowest BCUT2D eigenvalue weighted by molar-refractivity contribution is 0.452. The van der Waals surface area contributed by atoms with Crippen LogP contribution in [0.5, 0.6) is 11.5 Å². The van der Waals surface area contributed by atoms with Gasteiger partial charge < -0.3 is 20.0 Å². The largest absolute Gasteiger partial charge is 0.506 e. The van der Waals surface area contributed by atoms with E-state index in [4.69, 9.17) is 0 Å². The molecule has 0 saturated carbocycles. The van der Waals surface area contributed by atoms with Crippen molar-refractivity contribution in [1.82, 2.24) is 0 Å². The van der Waals surface area contributed by atoms with Crippen molar-refractivity contribution in [1.29, 1.82) is 0 Å². The number of hydrogen-bond donors (Lipinski definition) is 2. The Morgan fingerprint density at radius 3 is 0.913 bits per heavy atom. The first-order valence-electron chi connectivity index (χ1n) is 15.2.